The summed E-state index contributed by atoms with van der Waals surface area (Å²) in [5, 5.41) is 13.7. The van der Waals surface area contributed by atoms with E-state index in [9.17, 15) is 24.3 Å². The minimum atomic E-state index is -1.43. The molecule has 1 N–H and O–H groups in total. The Morgan fingerprint density at radius 3 is 2.45 bits per heavy atom. The van der Waals surface area contributed by atoms with E-state index in [1.807, 2.05) is 0 Å². The third-order valence-electron chi connectivity index (χ3n) is 4.52. The van der Waals surface area contributed by atoms with E-state index in [1.165, 1.54) is 42.7 Å². The molecule has 0 unspecified atom stereocenters. The van der Waals surface area contributed by atoms with E-state index >= 15 is 0 Å². The second kappa shape index (κ2) is 7.08. The maximum Gasteiger partial charge on any atom is 0.261 e. The number of para-hydroxylation sites is 1. The van der Waals surface area contributed by atoms with Crippen molar-refractivity contribution in [3.63, 3.8) is 0 Å². The van der Waals surface area contributed by atoms with Crippen LogP contribution in [-0.2, 0) is 6.54 Å². The van der Waals surface area contributed by atoms with E-state index in [-0.39, 0.29) is 34.5 Å². The highest BCUT2D eigenvalue weighted by molar-refractivity contribution is 6.22. The molecular weight excluding hydrogens is 376 g/mol. The quantitative estimate of drug-likeness (QED) is 0.663. The number of aromatic carboxylic acids is 1. The summed E-state index contributed by atoms with van der Waals surface area (Å²) in [5.41, 5.74) is 0.297. The molecule has 8 heteroatoms. The number of fused-ring (bicyclic) bond motifs is 1. The van der Waals surface area contributed by atoms with Crippen molar-refractivity contribution in [1.29, 1.82) is 0 Å². The first-order valence-corrected chi connectivity index (χ1v) is 8.60. The Kier molecular flexibility index (Phi) is 4.44. The van der Waals surface area contributed by atoms with E-state index in [0.717, 1.165) is 4.90 Å². The van der Waals surface area contributed by atoms with Crippen molar-refractivity contribution in [3.05, 3.63) is 88.9 Å². The molecule has 2 heterocycles. The molecule has 0 saturated carbocycles. The van der Waals surface area contributed by atoms with Crippen LogP contribution in [0.15, 0.2) is 65.3 Å². The second-order valence-corrected chi connectivity index (χ2v) is 6.32. The molecule has 144 valence electrons. The monoisotopic (exact) mass is 389 g/mol. The standard InChI is InChI=1S/C21H14N2O6/c24-18(22-17-6-2-1-5-15(17)21(27)28)12-7-8-14-16(10-12)20(26)23(19(14)25)11-13-4-3-9-29-13/h1-10H,11H2,(H,22,24)(H,27,28)/p-1. The Morgan fingerprint density at radius 2 is 1.72 bits per heavy atom. The van der Waals surface area contributed by atoms with Gasteiger partial charge in [0.1, 0.15) is 5.76 Å². The van der Waals surface area contributed by atoms with Crippen molar-refractivity contribution >= 4 is 29.4 Å². The average molecular weight is 389 g/mol. The van der Waals surface area contributed by atoms with Crippen LogP contribution in [0.1, 0.15) is 47.2 Å². The van der Waals surface area contributed by atoms with Crippen LogP contribution >= 0.6 is 0 Å². The molecule has 4 rings (SSSR count). The normalized spacial score (nSPS) is 12.8. The zero-order valence-corrected chi connectivity index (χ0v) is 14.9. The number of carbonyl (C=O) groups excluding carboxylic acids is 4. The predicted molar refractivity (Wildman–Crippen MR) is 98.1 cm³/mol. The number of carboxylic acids is 1. The Hall–Kier alpha value is -4.20. The van der Waals surface area contributed by atoms with Gasteiger partial charge in [0, 0.05) is 11.1 Å². The summed E-state index contributed by atoms with van der Waals surface area (Å²) in [6, 6.07) is 13.2. The van der Waals surface area contributed by atoms with Crippen LogP contribution in [0.5, 0.6) is 0 Å². The molecule has 1 aliphatic rings. The van der Waals surface area contributed by atoms with Crippen LogP contribution < -0.4 is 10.4 Å². The van der Waals surface area contributed by atoms with E-state index in [1.54, 1.807) is 18.2 Å². The number of hydrogen-bond donors (Lipinski definition) is 1. The fourth-order valence-corrected chi connectivity index (χ4v) is 3.10. The van der Waals surface area contributed by atoms with Gasteiger partial charge in [-0.25, -0.2) is 0 Å². The Labute approximate surface area is 164 Å². The maximum atomic E-state index is 12.7. The predicted octanol–water partition coefficient (Wildman–Crippen LogP) is 1.69. The van der Waals surface area contributed by atoms with Crippen molar-refractivity contribution in [3.8, 4) is 0 Å². The number of benzene rings is 2. The number of imide groups is 1. The summed E-state index contributed by atoms with van der Waals surface area (Å²) < 4.78 is 5.19. The number of anilines is 1. The van der Waals surface area contributed by atoms with Crippen molar-refractivity contribution in [2.24, 2.45) is 0 Å². The highest BCUT2D eigenvalue weighted by atomic mass is 16.4. The lowest BCUT2D eigenvalue weighted by Gasteiger charge is -2.12. The number of hydrogen-bond acceptors (Lipinski definition) is 6. The number of furan rings is 1. The van der Waals surface area contributed by atoms with Gasteiger partial charge in [-0.2, -0.15) is 0 Å². The summed E-state index contributed by atoms with van der Waals surface area (Å²) >= 11 is 0. The number of amides is 3. The average Bonchev–Trinajstić information content (AvgIpc) is 3.31. The molecule has 1 aromatic heterocycles. The molecule has 3 amide bonds. The minimum absolute atomic E-state index is 0.0140. The van der Waals surface area contributed by atoms with Crippen LogP contribution in [0.25, 0.3) is 0 Å². The van der Waals surface area contributed by atoms with Crippen LogP contribution in [0, 0.1) is 0 Å². The molecule has 0 atom stereocenters. The van der Waals surface area contributed by atoms with Crippen LogP contribution in [0.3, 0.4) is 0 Å². The lowest BCUT2D eigenvalue weighted by atomic mass is 10.0. The van der Waals surface area contributed by atoms with Gasteiger partial charge in [0.25, 0.3) is 17.7 Å². The fraction of sp³-hybridized carbons (Fsp3) is 0.0476. The summed E-state index contributed by atoms with van der Waals surface area (Å²) in [6.45, 7) is -0.0140. The molecule has 8 nitrogen and oxygen atoms in total. The van der Waals surface area contributed by atoms with Crippen LogP contribution in [-0.4, -0.2) is 28.6 Å². The zero-order chi connectivity index (χ0) is 20.5. The van der Waals surface area contributed by atoms with Gasteiger partial charge in [0.2, 0.25) is 0 Å². The topological polar surface area (TPSA) is 120 Å². The van der Waals surface area contributed by atoms with Gasteiger partial charge in [-0.15, -0.1) is 0 Å². The van der Waals surface area contributed by atoms with Gasteiger partial charge >= 0.3 is 0 Å². The molecule has 2 aromatic carbocycles. The summed E-state index contributed by atoms with van der Waals surface area (Å²) in [6.07, 6.45) is 1.44. The van der Waals surface area contributed by atoms with E-state index in [4.69, 9.17) is 4.42 Å². The smallest absolute Gasteiger partial charge is 0.261 e. The molecule has 0 radical (unpaired) electrons. The summed E-state index contributed by atoms with van der Waals surface area (Å²) in [7, 11) is 0. The first-order valence-electron chi connectivity index (χ1n) is 8.60. The zero-order valence-electron chi connectivity index (χ0n) is 14.9. The van der Waals surface area contributed by atoms with Gasteiger partial charge in [0.05, 0.1) is 35.6 Å². The van der Waals surface area contributed by atoms with Gasteiger partial charge in [-0.3, -0.25) is 19.3 Å². The Balaban J connectivity index is 1.59. The highest BCUT2D eigenvalue weighted by Gasteiger charge is 2.36. The molecule has 0 spiro atoms. The number of rotatable bonds is 5. The van der Waals surface area contributed by atoms with Crippen molar-refractivity contribution in [2.75, 3.05) is 5.32 Å². The molecule has 29 heavy (non-hydrogen) atoms. The maximum absolute atomic E-state index is 12.7. The van der Waals surface area contributed by atoms with Crippen molar-refractivity contribution in [1.82, 2.24) is 4.90 Å². The SMILES string of the molecule is O=C(Nc1ccccc1C(=O)[O-])c1ccc2c(c1)C(=O)N(Cc1ccco1)C2=O. The number of nitrogens with one attached hydrogen (secondary N) is 1. The van der Waals surface area contributed by atoms with Crippen LogP contribution in [0.2, 0.25) is 0 Å². The number of carboxylic acid groups (broad SMARTS) is 1. The molecule has 0 saturated heterocycles. The number of nitrogens with zero attached hydrogens (tertiary/aromatic N) is 1. The third-order valence-corrected chi connectivity index (χ3v) is 4.52. The largest absolute Gasteiger partial charge is 0.545 e. The second-order valence-electron chi connectivity index (χ2n) is 6.32. The first-order chi connectivity index (χ1) is 14.0. The molecular formula is C21H13N2O6-. The van der Waals surface area contributed by atoms with E-state index in [2.05, 4.69) is 5.32 Å². The lowest BCUT2D eigenvalue weighted by molar-refractivity contribution is -0.254. The van der Waals surface area contributed by atoms with Crippen LogP contribution in [0.4, 0.5) is 5.69 Å². The highest BCUT2D eigenvalue weighted by Crippen LogP contribution is 2.26. The Morgan fingerprint density at radius 1 is 0.966 bits per heavy atom. The molecule has 1 aliphatic heterocycles. The molecule has 3 aromatic rings. The van der Waals surface area contributed by atoms with Gasteiger partial charge < -0.3 is 19.6 Å². The first kappa shape index (κ1) is 18.2. The van der Waals surface area contributed by atoms with Gasteiger partial charge in [-0.1, -0.05) is 18.2 Å². The van der Waals surface area contributed by atoms with Crippen molar-refractivity contribution < 1.29 is 28.7 Å². The van der Waals surface area contributed by atoms with Crippen molar-refractivity contribution in [2.45, 2.75) is 6.54 Å². The fourth-order valence-electron chi connectivity index (χ4n) is 3.10. The lowest BCUT2D eigenvalue weighted by Crippen LogP contribution is -2.28. The number of carbonyl (C=O) groups is 4. The third kappa shape index (κ3) is 3.27. The molecule has 0 fully saturated rings. The summed E-state index contributed by atoms with van der Waals surface area (Å²) in [5.74, 6) is -2.60. The Bertz CT molecular complexity index is 1150. The van der Waals surface area contributed by atoms with E-state index < -0.39 is 23.7 Å². The van der Waals surface area contributed by atoms with E-state index in [0.29, 0.717) is 5.76 Å². The molecule has 0 aliphatic carbocycles. The summed E-state index contributed by atoms with van der Waals surface area (Å²) in [4.78, 5) is 50.0. The molecule has 0 bridgehead atoms. The van der Waals surface area contributed by atoms with Gasteiger partial charge in [0.15, 0.2) is 0 Å². The minimum Gasteiger partial charge on any atom is -0.545 e. The van der Waals surface area contributed by atoms with Gasteiger partial charge in [-0.05, 0) is 36.4 Å².